The minimum Gasteiger partial charge on any atom is -0.373 e. The summed E-state index contributed by atoms with van der Waals surface area (Å²) in [5.74, 6) is 1.26. The van der Waals surface area contributed by atoms with E-state index in [1.165, 1.54) is 11.5 Å². The standard InChI is InChI=1S/C13H23N3O3S2/c1-4-11-14-12(20-15-11)16(3)10-13(19-5-2)6-8-21(17,18)9-7-13/h4-10H2,1-3H3. The van der Waals surface area contributed by atoms with Crippen molar-refractivity contribution < 1.29 is 13.2 Å². The van der Waals surface area contributed by atoms with E-state index in [1.807, 2.05) is 25.8 Å². The molecule has 0 bridgehead atoms. The largest absolute Gasteiger partial charge is 0.373 e. The van der Waals surface area contributed by atoms with Crippen LogP contribution in [0.2, 0.25) is 0 Å². The fourth-order valence-electron chi connectivity index (χ4n) is 2.61. The zero-order chi connectivity index (χ0) is 15.5. The Bertz CT molecular complexity index is 557. The molecule has 1 saturated heterocycles. The Labute approximate surface area is 130 Å². The van der Waals surface area contributed by atoms with Gasteiger partial charge >= 0.3 is 0 Å². The van der Waals surface area contributed by atoms with Gasteiger partial charge in [0.15, 0.2) is 9.84 Å². The van der Waals surface area contributed by atoms with Crippen molar-refractivity contribution in [3.63, 3.8) is 0 Å². The zero-order valence-corrected chi connectivity index (χ0v) is 14.5. The molecular formula is C13H23N3O3S2. The second kappa shape index (κ2) is 6.58. The SMILES string of the molecule is CCOC1(CN(C)c2nc(CC)ns2)CCS(=O)(=O)CC1. The smallest absolute Gasteiger partial charge is 0.205 e. The van der Waals surface area contributed by atoms with E-state index >= 15 is 0 Å². The van der Waals surface area contributed by atoms with Crippen LogP contribution in [0, 0.1) is 0 Å². The first-order chi connectivity index (χ1) is 9.90. The van der Waals surface area contributed by atoms with E-state index in [0.717, 1.165) is 17.4 Å². The van der Waals surface area contributed by atoms with Crippen LogP contribution in [-0.2, 0) is 21.0 Å². The Morgan fingerprint density at radius 2 is 2.00 bits per heavy atom. The van der Waals surface area contributed by atoms with Crippen LogP contribution in [0.25, 0.3) is 0 Å². The molecule has 1 aliphatic rings. The molecular weight excluding hydrogens is 310 g/mol. The molecule has 0 atom stereocenters. The number of nitrogens with zero attached hydrogens (tertiary/aromatic N) is 3. The van der Waals surface area contributed by atoms with Crippen molar-refractivity contribution in [2.24, 2.45) is 0 Å². The summed E-state index contributed by atoms with van der Waals surface area (Å²) in [6.07, 6.45) is 1.92. The van der Waals surface area contributed by atoms with Gasteiger partial charge < -0.3 is 9.64 Å². The van der Waals surface area contributed by atoms with Crippen LogP contribution in [0.15, 0.2) is 0 Å². The summed E-state index contributed by atoms with van der Waals surface area (Å²) in [6.45, 7) is 5.21. The predicted molar refractivity (Wildman–Crippen MR) is 84.8 cm³/mol. The van der Waals surface area contributed by atoms with Crippen molar-refractivity contribution in [2.75, 3.05) is 36.6 Å². The first kappa shape index (κ1) is 16.6. The average molecular weight is 333 g/mol. The summed E-state index contributed by atoms with van der Waals surface area (Å²) < 4.78 is 33.5. The van der Waals surface area contributed by atoms with E-state index in [0.29, 0.717) is 26.0 Å². The molecule has 0 amide bonds. The third-order valence-corrected chi connectivity index (χ3v) is 6.33. The van der Waals surface area contributed by atoms with E-state index < -0.39 is 15.4 Å². The lowest BCUT2D eigenvalue weighted by molar-refractivity contribution is -0.0395. The monoisotopic (exact) mass is 333 g/mol. The lowest BCUT2D eigenvalue weighted by atomic mass is 9.96. The molecule has 6 nitrogen and oxygen atoms in total. The average Bonchev–Trinajstić information content (AvgIpc) is 2.92. The van der Waals surface area contributed by atoms with Crippen LogP contribution in [0.5, 0.6) is 0 Å². The van der Waals surface area contributed by atoms with Gasteiger partial charge in [0, 0.05) is 38.2 Å². The molecule has 0 aromatic carbocycles. The Morgan fingerprint density at radius 1 is 1.33 bits per heavy atom. The summed E-state index contributed by atoms with van der Waals surface area (Å²) >= 11 is 1.38. The van der Waals surface area contributed by atoms with Crippen molar-refractivity contribution in [1.29, 1.82) is 0 Å². The van der Waals surface area contributed by atoms with Crippen molar-refractivity contribution in [2.45, 2.75) is 38.7 Å². The van der Waals surface area contributed by atoms with Gasteiger partial charge in [0.25, 0.3) is 0 Å². The summed E-state index contributed by atoms with van der Waals surface area (Å²) in [5, 5.41) is 0.861. The Balaban J connectivity index is 2.09. The van der Waals surface area contributed by atoms with E-state index in [9.17, 15) is 8.42 Å². The maximum Gasteiger partial charge on any atom is 0.205 e. The second-order valence-electron chi connectivity index (χ2n) is 5.47. The van der Waals surface area contributed by atoms with Gasteiger partial charge in [-0.1, -0.05) is 6.92 Å². The number of hydrogen-bond donors (Lipinski definition) is 0. The number of aryl methyl sites for hydroxylation is 1. The van der Waals surface area contributed by atoms with E-state index in [1.54, 1.807) is 0 Å². The van der Waals surface area contributed by atoms with Crippen LogP contribution < -0.4 is 4.90 Å². The number of aromatic nitrogens is 2. The normalized spacial score (nSPS) is 20.3. The molecule has 0 unspecified atom stereocenters. The molecule has 0 aliphatic carbocycles. The number of hydrogen-bond acceptors (Lipinski definition) is 7. The van der Waals surface area contributed by atoms with E-state index in [-0.39, 0.29) is 11.5 Å². The molecule has 2 heterocycles. The number of rotatable bonds is 6. The minimum absolute atomic E-state index is 0.206. The molecule has 2 rings (SSSR count). The van der Waals surface area contributed by atoms with Crippen LogP contribution in [-0.4, -0.2) is 55.1 Å². The number of sulfone groups is 1. The van der Waals surface area contributed by atoms with Crippen molar-refractivity contribution >= 4 is 26.5 Å². The Morgan fingerprint density at radius 3 is 2.52 bits per heavy atom. The van der Waals surface area contributed by atoms with Gasteiger partial charge in [-0.25, -0.2) is 13.4 Å². The predicted octanol–water partition coefficient (Wildman–Crippen LogP) is 1.52. The molecule has 120 valence electrons. The van der Waals surface area contributed by atoms with Crippen molar-refractivity contribution in [1.82, 2.24) is 9.36 Å². The maximum atomic E-state index is 11.7. The highest BCUT2D eigenvalue weighted by molar-refractivity contribution is 7.91. The van der Waals surface area contributed by atoms with Gasteiger partial charge in [-0.05, 0) is 19.8 Å². The fourth-order valence-corrected chi connectivity index (χ4v) is 4.88. The van der Waals surface area contributed by atoms with Crippen LogP contribution in [0.1, 0.15) is 32.5 Å². The first-order valence-electron chi connectivity index (χ1n) is 7.28. The van der Waals surface area contributed by atoms with Crippen LogP contribution >= 0.6 is 11.5 Å². The molecule has 0 N–H and O–H groups in total. The van der Waals surface area contributed by atoms with Gasteiger partial charge in [-0.3, -0.25) is 0 Å². The molecule has 1 aliphatic heterocycles. The lowest BCUT2D eigenvalue weighted by Crippen LogP contribution is -2.49. The number of ether oxygens (including phenoxy) is 1. The molecule has 0 spiro atoms. The third kappa shape index (κ3) is 4.14. The summed E-state index contributed by atoms with van der Waals surface area (Å²) in [4.78, 5) is 6.51. The Hall–Kier alpha value is -0.730. The highest BCUT2D eigenvalue weighted by atomic mass is 32.2. The number of anilines is 1. The quantitative estimate of drug-likeness (QED) is 0.786. The molecule has 1 fully saturated rings. The summed E-state index contributed by atoms with van der Waals surface area (Å²) in [7, 11) is -0.934. The highest BCUT2D eigenvalue weighted by Gasteiger charge is 2.39. The molecule has 21 heavy (non-hydrogen) atoms. The zero-order valence-electron chi connectivity index (χ0n) is 12.8. The first-order valence-corrected chi connectivity index (χ1v) is 9.87. The Kier molecular flexibility index (Phi) is 5.21. The van der Waals surface area contributed by atoms with Gasteiger partial charge in [0.2, 0.25) is 5.13 Å². The van der Waals surface area contributed by atoms with Crippen molar-refractivity contribution in [3.05, 3.63) is 5.82 Å². The molecule has 1 aromatic rings. The van der Waals surface area contributed by atoms with Crippen LogP contribution in [0.3, 0.4) is 0 Å². The van der Waals surface area contributed by atoms with E-state index in [4.69, 9.17) is 4.74 Å². The number of likely N-dealkylation sites (N-methyl/N-ethyl adjacent to an activating group) is 1. The topological polar surface area (TPSA) is 72.4 Å². The molecule has 8 heteroatoms. The van der Waals surface area contributed by atoms with Crippen LogP contribution in [0.4, 0.5) is 5.13 Å². The van der Waals surface area contributed by atoms with Gasteiger partial charge in [-0.2, -0.15) is 4.37 Å². The van der Waals surface area contributed by atoms with Gasteiger partial charge in [0.1, 0.15) is 5.82 Å². The highest BCUT2D eigenvalue weighted by Crippen LogP contribution is 2.30. The third-order valence-electron chi connectivity index (χ3n) is 3.81. The summed E-state index contributed by atoms with van der Waals surface area (Å²) in [5.41, 5.74) is -0.396. The summed E-state index contributed by atoms with van der Waals surface area (Å²) in [6, 6.07) is 0. The molecule has 1 aromatic heterocycles. The molecule has 0 radical (unpaired) electrons. The molecule has 0 saturated carbocycles. The van der Waals surface area contributed by atoms with Crippen molar-refractivity contribution in [3.8, 4) is 0 Å². The lowest BCUT2D eigenvalue weighted by Gasteiger charge is -2.39. The second-order valence-corrected chi connectivity index (χ2v) is 8.50. The van der Waals surface area contributed by atoms with E-state index in [2.05, 4.69) is 9.36 Å². The maximum absolute atomic E-state index is 11.7. The van der Waals surface area contributed by atoms with Gasteiger partial charge in [0.05, 0.1) is 17.1 Å². The minimum atomic E-state index is -2.90. The fraction of sp³-hybridized carbons (Fsp3) is 0.846. The van der Waals surface area contributed by atoms with Gasteiger partial charge in [-0.15, -0.1) is 0 Å².